The maximum absolute atomic E-state index is 12.5. The largest absolute Gasteiger partial charge is 0.351 e. The van der Waals surface area contributed by atoms with Crippen LogP contribution in [0.25, 0.3) is 0 Å². The van der Waals surface area contributed by atoms with E-state index in [4.69, 9.17) is 0 Å². The lowest BCUT2D eigenvalue weighted by molar-refractivity contribution is -0.118. The molecule has 0 radical (unpaired) electrons. The number of hydrogen-bond donors (Lipinski definition) is 1. The highest BCUT2D eigenvalue weighted by molar-refractivity contribution is 7.99. The zero-order chi connectivity index (χ0) is 21.5. The van der Waals surface area contributed by atoms with E-state index in [9.17, 15) is 4.79 Å². The van der Waals surface area contributed by atoms with E-state index in [0.29, 0.717) is 19.6 Å². The van der Waals surface area contributed by atoms with Crippen molar-refractivity contribution in [2.24, 2.45) is 0 Å². The summed E-state index contributed by atoms with van der Waals surface area (Å²) in [6.45, 7) is 3.67. The molecular formula is C22H23N7OS. The Bertz CT molecular complexity index is 1130. The van der Waals surface area contributed by atoms with Crippen molar-refractivity contribution in [2.45, 2.75) is 31.7 Å². The Morgan fingerprint density at radius 2 is 1.77 bits per heavy atom. The second-order valence-corrected chi connectivity index (χ2v) is 7.97. The molecule has 0 fully saturated rings. The molecule has 158 valence electrons. The number of aromatic nitrogens is 6. The summed E-state index contributed by atoms with van der Waals surface area (Å²) >= 11 is 1.39. The van der Waals surface area contributed by atoms with Crippen LogP contribution in [0.15, 0.2) is 72.4 Å². The summed E-state index contributed by atoms with van der Waals surface area (Å²) in [6.07, 6.45) is 3.19. The quantitative estimate of drug-likeness (QED) is 0.408. The molecule has 0 aliphatic carbocycles. The van der Waals surface area contributed by atoms with Gasteiger partial charge in [0.2, 0.25) is 5.91 Å². The van der Waals surface area contributed by atoms with Crippen LogP contribution in [0.5, 0.6) is 0 Å². The highest BCUT2D eigenvalue weighted by Gasteiger charge is 2.13. The fourth-order valence-corrected chi connectivity index (χ4v) is 3.98. The number of hydrogen-bond acceptors (Lipinski definition) is 6. The minimum atomic E-state index is -0.0486. The average Bonchev–Trinajstić information content (AvgIpc) is 3.43. The van der Waals surface area contributed by atoms with Gasteiger partial charge in [-0.25, -0.2) is 9.67 Å². The number of thioether (sulfide) groups is 1. The van der Waals surface area contributed by atoms with E-state index in [1.165, 1.54) is 23.7 Å². The number of carbonyl (C=O) groups excluding carboxylic acids is 1. The molecule has 0 bridgehead atoms. The van der Waals surface area contributed by atoms with Crippen LogP contribution in [0.2, 0.25) is 0 Å². The first-order chi connectivity index (χ1) is 15.2. The third-order valence-electron chi connectivity index (χ3n) is 4.81. The van der Waals surface area contributed by atoms with Crippen molar-refractivity contribution in [3.05, 3.63) is 89.8 Å². The Kier molecular flexibility index (Phi) is 6.73. The Balaban J connectivity index is 1.33. The van der Waals surface area contributed by atoms with Crippen molar-refractivity contribution in [2.75, 3.05) is 5.75 Å². The minimum absolute atomic E-state index is 0.0486. The highest BCUT2D eigenvalue weighted by Crippen LogP contribution is 2.18. The standard InChI is InChI=1S/C22H23N7OS/c1-17-26-27-22(29(17)12-18-7-3-2-4-8-18)31-14-21(30)24-11-19-9-5-6-10-20(19)13-28-16-23-15-25-28/h2-10,15-16H,11-14H2,1H3,(H,24,30). The summed E-state index contributed by atoms with van der Waals surface area (Å²) < 4.78 is 3.79. The zero-order valence-corrected chi connectivity index (χ0v) is 18.0. The molecule has 4 aromatic rings. The smallest absolute Gasteiger partial charge is 0.230 e. The maximum Gasteiger partial charge on any atom is 0.230 e. The van der Waals surface area contributed by atoms with E-state index >= 15 is 0 Å². The highest BCUT2D eigenvalue weighted by atomic mass is 32.2. The van der Waals surface area contributed by atoms with E-state index in [1.807, 2.05) is 54.0 Å². The molecule has 1 N–H and O–H groups in total. The second-order valence-electron chi connectivity index (χ2n) is 7.03. The molecule has 4 rings (SSSR count). The summed E-state index contributed by atoms with van der Waals surface area (Å²) in [7, 11) is 0. The second kappa shape index (κ2) is 10.0. The molecule has 8 nitrogen and oxygen atoms in total. The Morgan fingerprint density at radius 3 is 2.55 bits per heavy atom. The van der Waals surface area contributed by atoms with E-state index in [-0.39, 0.29) is 11.7 Å². The van der Waals surface area contributed by atoms with Crippen LogP contribution in [0.1, 0.15) is 22.5 Å². The van der Waals surface area contributed by atoms with Crippen LogP contribution in [0.4, 0.5) is 0 Å². The van der Waals surface area contributed by atoms with Gasteiger partial charge < -0.3 is 9.88 Å². The number of rotatable bonds is 9. The predicted molar refractivity (Wildman–Crippen MR) is 118 cm³/mol. The average molecular weight is 434 g/mol. The summed E-state index contributed by atoms with van der Waals surface area (Å²) in [5, 5.41) is 16.3. The van der Waals surface area contributed by atoms with Gasteiger partial charge in [-0.05, 0) is 23.6 Å². The summed E-state index contributed by atoms with van der Waals surface area (Å²) in [6, 6.07) is 18.1. The van der Waals surface area contributed by atoms with Gasteiger partial charge in [0.05, 0.1) is 18.8 Å². The van der Waals surface area contributed by atoms with Crippen molar-refractivity contribution in [3.8, 4) is 0 Å². The summed E-state index contributed by atoms with van der Waals surface area (Å²) in [5.74, 6) is 1.05. The van der Waals surface area contributed by atoms with Gasteiger partial charge in [0.15, 0.2) is 5.16 Å². The first-order valence-corrected chi connectivity index (χ1v) is 10.9. The van der Waals surface area contributed by atoms with Crippen molar-refractivity contribution in [1.29, 1.82) is 0 Å². The van der Waals surface area contributed by atoms with Crippen LogP contribution in [0.3, 0.4) is 0 Å². The van der Waals surface area contributed by atoms with Gasteiger partial charge in [-0.3, -0.25) is 4.79 Å². The van der Waals surface area contributed by atoms with Crippen molar-refractivity contribution < 1.29 is 4.79 Å². The molecule has 2 heterocycles. The van der Waals surface area contributed by atoms with Crippen LogP contribution in [-0.2, 0) is 24.4 Å². The van der Waals surface area contributed by atoms with E-state index in [1.54, 1.807) is 11.0 Å². The molecule has 0 saturated carbocycles. The summed E-state index contributed by atoms with van der Waals surface area (Å²) in [5.41, 5.74) is 3.32. The molecule has 0 unspecified atom stereocenters. The van der Waals surface area contributed by atoms with Crippen molar-refractivity contribution >= 4 is 17.7 Å². The van der Waals surface area contributed by atoms with Crippen LogP contribution >= 0.6 is 11.8 Å². The predicted octanol–water partition coefficient (Wildman–Crippen LogP) is 2.68. The number of nitrogens with zero attached hydrogens (tertiary/aromatic N) is 6. The minimum Gasteiger partial charge on any atom is -0.351 e. The van der Waals surface area contributed by atoms with E-state index in [0.717, 1.165) is 22.1 Å². The molecular weight excluding hydrogens is 410 g/mol. The Hall–Kier alpha value is -3.46. The third kappa shape index (κ3) is 5.58. The lowest BCUT2D eigenvalue weighted by atomic mass is 10.1. The monoisotopic (exact) mass is 433 g/mol. The number of aryl methyl sites for hydroxylation is 1. The van der Waals surface area contributed by atoms with Gasteiger partial charge in [0.1, 0.15) is 18.5 Å². The Morgan fingerprint density at radius 1 is 1.00 bits per heavy atom. The number of carbonyl (C=O) groups is 1. The van der Waals surface area contributed by atoms with Gasteiger partial charge in [-0.15, -0.1) is 10.2 Å². The van der Waals surface area contributed by atoms with Gasteiger partial charge >= 0.3 is 0 Å². The topological polar surface area (TPSA) is 90.5 Å². The third-order valence-corrected chi connectivity index (χ3v) is 5.78. The number of amides is 1. The lowest BCUT2D eigenvalue weighted by Crippen LogP contribution is -2.25. The molecule has 0 saturated heterocycles. The van der Waals surface area contributed by atoms with Crippen molar-refractivity contribution in [3.63, 3.8) is 0 Å². The zero-order valence-electron chi connectivity index (χ0n) is 17.2. The van der Waals surface area contributed by atoms with Crippen molar-refractivity contribution in [1.82, 2.24) is 34.8 Å². The summed E-state index contributed by atoms with van der Waals surface area (Å²) in [4.78, 5) is 16.5. The van der Waals surface area contributed by atoms with Gasteiger partial charge in [-0.1, -0.05) is 66.4 Å². The van der Waals surface area contributed by atoms with Crippen LogP contribution < -0.4 is 5.32 Å². The molecule has 2 aromatic carbocycles. The molecule has 9 heteroatoms. The molecule has 0 spiro atoms. The Labute approximate surface area is 184 Å². The maximum atomic E-state index is 12.5. The van der Waals surface area contributed by atoms with E-state index < -0.39 is 0 Å². The molecule has 0 atom stereocenters. The SMILES string of the molecule is Cc1nnc(SCC(=O)NCc2ccccc2Cn2cncn2)n1Cc1ccccc1. The van der Waals surface area contributed by atoms with Gasteiger partial charge in [0.25, 0.3) is 0 Å². The molecule has 1 amide bonds. The van der Waals surface area contributed by atoms with E-state index in [2.05, 4.69) is 37.7 Å². The molecule has 0 aliphatic heterocycles. The fourth-order valence-electron chi connectivity index (χ4n) is 3.16. The molecule has 0 aliphatic rings. The van der Waals surface area contributed by atoms with Gasteiger partial charge in [-0.2, -0.15) is 5.10 Å². The number of benzene rings is 2. The van der Waals surface area contributed by atoms with Crippen LogP contribution in [0, 0.1) is 6.92 Å². The molecule has 2 aromatic heterocycles. The fraction of sp³-hybridized carbons (Fsp3) is 0.227. The first-order valence-electron chi connectivity index (χ1n) is 9.91. The van der Waals surface area contributed by atoms with Gasteiger partial charge in [0, 0.05) is 6.54 Å². The first kappa shape index (κ1) is 20.8. The van der Waals surface area contributed by atoms with Crippen LogP contribution in [-0.4, -0.2) is 41.2 Å². The molecule has 31 heavy (non-hydrogen) atoms. The lowest BCUT2D eigenvalue weighted by Gasteiger charge is -2.11. The normalized spacial score (nSPS) is 10.9. The number of nitrogens with one attached hydrogen (secondary N) is 1.